The summed E-state index contributed by atoms with van der Waals surface area (Å²) in [6.07, 6.45) is 2.01. The Bertz CT molecular complexity index is 906. The van der Waals surface area contributed by atoms with E-state index in [4.69, 9.17) is 0 Å². The highest BCUT2D eigenvalue weighted by atomic mass is 32.2. The second-order valence-corrected chi connectivity index (χ2v) is 8.68. The van der Waals surface area contributed by atoms with Crippen molar-refractivity contribution in [2.75, 3.05) is 4.90 Å². The summed E-state index contributed by atoms with van der Waals surface area (Å²) in [5, 5.41) is 9.58. The third-order valence-electron chi connectivity index (χ3n) is 4.61. The molecule has 1 aromatic carbocycles. The predicted molar refractivity (Wildman–Crippen MR) is 107 cm³/mol. The van der Waals surface area contributed by atoms with Gasteiger partial charge in [0.15, 0.2) is 5.82 Å². The maximum absolute atomic E-state index is 13.2. The molecule has 0 saturated carbocycles. The Morgan fingerprint density at radius 1 is 1.35 bits per heavy atom. The summed E-state index contributed by atoms with van der Waals surface area (Å²) >= 11 is 3.01. The SMILES string of the molecule is CC(Sc1n[nH]c(-c2cccs2)n1)C(=O)N1c2ccccc2CCC1C. The lowest BCUT2D eigenvalue weighted by atomic mass is 9.96. The molecule has 1 aliphatic heterocycles. The second-order valence-electron chi connectivity index (χ2n) is 6.43. The van der Waals surface area contributed by atoms with Gasteiger partial charge in [0, 0.05) is 11.7 Å². The Morgan fingerprint density at radius 3 is 3.00 bits per heavy atom. The van der Waals surface area contributed by atoms with Crippen LogP contribution >= 0.6 is 23.1 Å². The van der Waals surface area contributed by atoms with E-state index in [0.29, 0.717) is 5.16 Å². The van der Waals surface area contributed by atoms with Crippen LogP contribution in [0.25, 0.3) is 10.7 Å². The Kier molecular flexibility index (Phi) is 4.82. The van der Waals surface area contributed by atoms with E-state index in [1.807, 2.05) is 47.5 Å². The number of nitrogens with one attached hydrogen (secondary N) is 1. The van der Waals surface area contributed by atoms with E-state index >= 15 is 0 Å². The fraction of sp³-hybridized carbons (Fsp3) is 0.316. The molecule has 134 valence electrons. The van der Waals surface area contributed by atoms with Crippen LogP contribution in [-0.4, -0.2) is 32.4 Å². The quantitative estimate of drug-likeness (QED) is 0.678. The predicted octanol–water partition coefficient (Wildman–Crippen LogP) is 4.38. The van der Waals surface area contributed by atoms with Crippen LogP contribution in [0.4, 0.5) is 5.69 Å². The molecular formula is C19H20N4OS2. The highest BCUT2D eigenvalue weighted by molar-refractivity contribution is 8.00. The average Bonchev–Trinajstić information content (AvgIpc) is 3.32. The lowest BCUT2D eigenvalue weighted by Gasteiger charge is -2.36. The largest absolute Gasteiger partial charge is 0.308 e. The number of carbonyl (C=O) groups excluding carboxylic acids is 1. The van der Waals surface area contributed by atoms with Crippen LogP contribution in [0, 0.1) is 0 Å². The molecule has 4 rings (SSSR count). The molecule has 0 aliphatic carbocycles. The Labute approximate surface area is 160 Å². The Morgan fingerprint density at radius 2 is 2.19 bits per heavy atom. The summed E-state index contributed by atoms with van der Waals surface area (Å²) in [4.78, 5) is 20.7. The fourth-order valence-electron chi connectivity index (χ4n) is 3.25. The maximum atomic E-state index is 13.2. The number of thioether (sulfide) groups is 1. The zero-order chi connectivity index (χ0) is 18.1. The molecule has 1 N–H and O–H groups in total. The smallest absolute Gasteiger partial charge is 0.240 e. The molecule has 0 fully saturated rings. The number of rotatable bonds is 4. The molecule has 0 saturated heterocycles. The molecule has 0 radical (unpaired) electrons. The Balaban J connectivity index is 1.52. The maximum Gasteiger partial charge on any atom is 0.240 e. The van der Waals surface area contributed by atoms with E-state index in [0.717, 1.165) is 29.2 Å². The number of aromatic amines is 1. The highest BCUT2D eigenvalue weighted by Crippen LogP contribution is 2.33. The molecule has 26 heavy (non-hydrogen) atoms. The van der Waals surface area contributed by atoms with Crippen LogP contribution in [0.3, 0.4) is 0 Å². The van der Waals surface area contributed by atoms with Gasteiger partial charge in [-0.2, -0.15) is 0 Å². The molecule has 2 aromatic heterocycles. The van der Waals surface area contributed by atoms with E-state index in [-0.39, 0.29) is 17.2 Å². The van der Waals surface area contributed by atoms with Crippen LogP contribution in [0.15, 0.2) is 46.9 Å². The van der Waals surface area contributed by atoms with Crippen LogP contribution in [0.1, 0.15) is 25.8 Å². The topological polar surface area (TPSA) is 61.9 Å². The summed E-state index contributed by atoms with van der Waals surface area (Å²) < 4.78 is 0. The Hall–Kier alpha value is -2.12. The van der Waals surface area contributed by atoms with Gasteiger partial charge in [0.1, 0.15) is 0 Å². The molecule has 1 aliphatic rings. The van der Waals surface area contributed by atoms with Crippen LogP contribution in [0.2, 0.25) is 0 Å². The molecule has 5 nitrogen and oxygen atoms in total. The molecule has 3 heterocycles. The lowest BCUT2D eigenvalue weighted by molar-refractivity contribution is -0.118. The van der Waals surface area contributed by atoms with Crippen molar-refractivity contribution < 1.29 is 4.79 Å². The standard InChI is InChI=1S/C19H20N4OS2/c1-12-9-10-14-6-3-4-7-15(14)23(12)18(24)13(2)26-19-20-17(21-22-19)16-8-5-11-25-16/h3-8,11-13H,9-10H2,1-2H3,(H,20,21,22). The second kappa shape index (κ2) is 7.25. The normalized spacial score (nSPS) is 17.8. The van der Waals surface area contributed by atoms with Crippen molar-refractivity contribution in [3.8, 4) is 10.7 Å². The summed E-state index contributed by atoms with van der Waals surface area (Å²) in [6.45, 7) is 4.05. The van der Waals surface area contributed by atoms with E-state index < -0.39 is 0 Å². The first-order valence-electron chi connectivity index (χ1n) is 8.67. The summed E-state index contributed by atoms with van der Waals surface area (Å²) in [7, 11) is 0. The monoisotopic (exact) mass is 384 g/mol. The number of amides is 1. The van der Waals surface area contributed by atoms with Gasteiger partial charge in [-0.05, 0) is 49.8 Å². The minimum atomic E-state index is -0.254. The zero-order valence-electron chi connectivity index (χ0n) is 14.7. The number of aryl methyl sites for hydroxylation is 1. The van der Waals surface area contributed by atoms with Gasteiger partial charge < -0.3 is 4.90 Å². The number of nitrogens with zero attached hydrogens (tertiary/aromatic N) is 3. The molecule has 0 bridgehead atoms. The fourth-order valence-corrected chi connectivity index (χ4v) is 4.69. The number of hydrogen-bond acceptors (Lipinski definition) is 5. The van der Waals surface area contributed by atoms with Crippen molar-refractivity contribution in [3.63, 3.8) is 0 Å². The lowest BCUT2D eigenvalue weighted by Crippen LogP contribution is -2.45. The minimum absolute atomic E-state index is 0.108. The summed E-state index contributed by atoms with van der Waals surface area (Å²) in [5.41, 5.74) is 2.28. The number of anilines is 1. The van der Waals surface area contributed by atoms with Crippen molar-refractivity contribution in [2.24, 2.45) is 0 Å². The first-order valence-corrected chi connectivity index (χ1v) is 10.4. The summed E-state index contributed by atoms with van der Waals surface area (Å²) in [5.74, 6) is 0.857. The molecule has 2 unspecified atom stereocenters. The van der Waals surface area contributed by atoms with Gasteiger partial charge in [-0.3, -0.25) is 9.89 Å². The molecule has 2 atom stereocenters. The third kappa shape index (κ3) is 3.29. The van der Waals surface area contributed by atoms with Crippen LogP contribution in [-0.2, 0) is 11.2 Å². The number of hydrogen-bond donors (Lipinski definition) is 1. The van der Waals surface area contributed by atoms with Gasteiger partial charge in [-0.25, -0.2) is 4.98 Å². The van der Waals surface area contributed by atoms with Gasteiger partial charge >= 0.3 is 0 Å². The van der Waals surface area contributed by atoms with Gasteiger partial charge in [-0.15, -0.1) is 16.4 Å². The van der Waals surface area contributed by atoms with E-state index in [1.54, 1.807) is 11.3 Å². The number of fused-ring (bicyclic) bond motifs is 1. The van der Waals surface area contributed by atoms with E-state index in [1.165, 1.54) is 17.3 Å². The van der Waals surface area contributed by atoms with Gasteiger partial charge in [0.05, 0.1) is 10.1 Å². The first kappa shape index (κ1) is 17.3. The van der Waals surface area contributed by atoms with Gasteiger partial charge in [0.2, 0.25) is 11.1 Å². The van der Waals surface area contributed by atoms with Crippen LogP contribution in [0.5, 0.6) is 0 Å². The zero-order valence-corrected chi connectivity index (χ0v) is 16.3. The van der Waals surface area contributed by atoms with E-state index in [9.17, 15) is 4.79 Å². The van der Waals surface area contributed by atoms with Crippen molar-refractivity contribution in [1.29, 1.82) is 0 Å². The molecular weight excluding hydrogens is 364 g/mol. The molecule has 0 spiro atoms. The molecule has 7 heteroatoms. The first-order chi connectivity index (χ1) is 12.6. The van der Waals surface area contributed by atoms with Crippen molar-refractivity contribution >= 4 is 34.7 Å². The van der Waals surface area contributed by atoms with Crippen molar-refractivity contribution in [1.82, 2.24) is 15.2 Å². The summed E-state index contributed by atoms with van der Waals surface area (Å²) in [6, 6.07) is 12.4. The van der Waals surface area contributed by atoms with E-state index in [2.05, 4.69) is 28.2 Å². The van der Waals surface area contributed by atoms with Gasteiger partial charge in [0.25, 0.3) is 0 Å². The van der Waals surface area contributed by atoms with Crippen molar-refractivity contribution in [2.45, 2.75) is 43.1 Å². The molecule has 1 amide bonds. The number of para-hydroxylation sites is 1. The highest BCUT2D eigenvalue weighted by Gasteiger charge is 2.31. The number of thiophene rings is 1. The number of aromatic nitrogens is 3. The number of benzene rings is 1. The van der Waals surface area contributed by atoms with Crippen LogP contribution < -0.4 is 4.90 Å². The number of H-pyrrole nitrogens is 1. The minimum Gasteiger partial charge on any atom is -0.308 e. The molecule has 3 aromatic rings. The van der Waals surface area contributed by atoms with Crippen molar-refractivity contribution in [3.05, 3.63) is 47.3 Å². The third-order valence-corrected chi connectivity index (χ3v) is 6.44. The van der Waals surface area contributed by atoms with Gasteiger partial charge in [-0.1, -0.05) is 36.0 Å². The average molecular weight is 385 g/mol. The number of carbonyl (C=O) groups is 1.